The van der Waals surface area contributed by atoms with Gasteiger partial charge in [-0.3, -0.25) is 0 Å². The number of nitrogens with one attached hydrogen (secondary N) is 1. The third-order valence-electron chi connectivity index (χ3n) is 0.241. The fourth-order valence-corrected chi connectivity index (χ4v) is 0. The van der Waals surface area contributed by atoms with Crippen LogP contribution in [0.3, 0.4) is 0 Å². The average molecular weight is 109 g/mol. The van der Waals surface area contributed by atoms with Crippen molar-refractivity contribution in [3.8, 4) is 0 Å². The number of hydrogen-bond donors (Lipinski definition) is 2. The van der Waals surface area contributed by atoms with E-state index in [-0.39, 0.29) is 0 Å². The average Bonchev–Trinajstić information content (AvgIpc) is 1.35. The van der Waals surface area contributed by atoms with Crippen molar-refractivity contribution in [1.29, 1.82) is 0 Å². The molecule has 0 aliphatic carbocycles. The van der Waals surface area contributed by atoms with E-state index in [9.17, 15) is 4.57 Å². The molecule has 0 aliphatic heterocycles. The molecule has 6 heavy (non-hydrogen) atoms. The minimum atomic E-state index is -2.34. The van der Waals surface area contributed by atoms with Gasteiger partial charge in [-0.15, -0.1) is 0 Å². The molecular formula is C2H8NO2P. The highest BCUT2D eigenvalue weighted by Gasteiger charge is 1.98. The van der Waals surface area contributed by atoms with Crippen LogP contribution in [-0.2, 0) is 4.57 Å². The Kier molecular flexibility index (Phi) is 1.78. The lowest BCUT2D eigenvalue weighted by molar-refractivity contribution is 0.243. The molecule has 0 saturated carbocycles. The first-order chi connectivity index (χ1) is 2.56. The van der Waals surface area contributed by atoms with E-state index in [4.69, 9.17) is 5.21 Å². The van der Waals surface area contributed by atoms with Gasteiger partial charge in [-0.05, 0) is 0 Å². The van der Waals surface area contributed by atoms with Crippen LogP contribution in [-0.4, -0.2) is 18.5 Å². The molecule has 3 nitrogen and oxygen atoms in total. The van der Waals surface area contributed by atoms with Crippen LogP contribution in [0, 0.1) is 0 Å². The lowest BCUT2D eigenvalue weighted by atomic mass is 11.9. The second-order valence-electron chi connectivity index (χ2n) is 1.45. The van der Waals surface area contributed by atoms with Gasteiger partial charge in [-0.1, -0.05) is 0 Å². The first-order valence-corrected chi connectivity index (χ1v) is 4.13. The van der Waals surface area contributed by atoms with Gasteiger partial charge in [0.05, 0.1) is 0 Å². The summed E-state index contributed by atoms with van der Waals surface area (Å²) in [6, 6.07) is 0. The molecule has 0 unspecified atom stereocenters. The Morgan fingerprint density at radius 1 is 1.67 bits per heavy atom. The van der Waals surface area contributed by atoms with E-state index in [1.54, 1.807) is 5.25 Å². The van der Waals surface area contributed by atoms with Crippen molar-refractivity contribution in [2.24, 2.45) is 0 Å². The second-order valence-corrected chi connectivity index (χ2v) is 4.35. The first kappa shape index (κ1) is 6.15. The van der Waals surface area contributed by atoms with Gasteiger partial charge in [-0.25, -0.2) is 0 Å². The number of rotatable bonds is 1. The van der Waals surface area contributed by atoms with Gasteiger partial charge in [0.2, 0.25) is 0 Å². The molecule has 0 rings (SSSR count). The summed E-state index contributed by atoms with van der Waals surface area (Å²) in [5.41, 5.74) is 0. The molecule has 0 aromatic heterocycles. The summed E-state index contributed by atoms with van der Waals surface area (Å²) in [7, 11) is -2.34. The smallest absolute Gasteiger partial charge is 0.163 e. The van der Waals surface area contributed by atoms with E-state index in [1.807, 2.05) is 0 Å². The molecule has 0 bridgehead atoms. The Labute approximate surface area is 36.7 Å². The van der Waals surface area contributed by atoms with Crippen LogP contribution < -0.4 is 5.25 Å². The van der Waals surface area contributed by atoms with Crippen LogP contribution in [0.4, 0.5) is 0 Å². The standard InChI is InChI=1S/C2H8NO2P/c1-6(2,5)3-4/h4H,1-2H3,(H,3,5). The molecule has 0 aromatic rings. The molecule has 0 atom stereocenters. The van der Waals surface area contributed by atoms with Crippen molar-refractivity contribution < 1.29 is 9.77 Å². The quantitative estimate of drug-likeness (QED) is 0.381. The van der Waals surface area contributed by atoms with Gasteiger partial charge in [0.25, 0.3) is 0 Å². The lowest BCUT2D eigenvalue weighted by Gasteiger charge is -1.97. The SMILES string of the molecule is CP(C)(=O)NO. The Morgan fingerprint density at radius 3 is 1.83 bits per heavy atom. The van der Waals surface area contributed by atoms with Gasteiger partial charge in [0.15, 0.2) is 7.29 Å². The van der Waals surface area contributed by atoms with Crippen molar-refractivity contribution in [2.45, 2.75) is 0 Å². The van der Waals surface area contributed by atoms with Crippen LogP contribution in [0.1, 0.15) is 0 Å². The summed E-state index contributed by atoms with van der Waals surface area (Å²) in [6.07, 6.45) is 0. The van der Waals surface area contributed by atoms with Gasteiger partial charge in [0.1, 0.15) is 0 Å². The molecule has 2 N–H and O–H groups in total. The van der Waals surface area contributed by atoms with Gasteiger partial charge in [0, 0.05) is 13.3 Å². The van der Waals surface area contributed by atoms with Crippen molar-refractivity contribution in [2.75, 3.05) is 13.3 Å². The molecule has 0 spiro atoms. The molecule has 38 valence electrons. The summed E-state index contributed by atoms with van der Waals surface area (Å²) in [5, 5.41) is 9.55. The van der Waals surface area contributed by atoms with Crippen LogP contribution >= 0.6 is 7.29 Å². The number of hydrogen-bond acceptors (Lipinski definition) is 2. The van der Waals surface area contributed by atoms with Crippen LogP contribution in [0.5, 0.6) is 0 Å². The zero-order valence-electron chi connectivity index (χ0n) is 3.80. The molecule has 4 heteroatoms. The maximum Gasteiger partial charge on any atom is 0.163 e. The van der Waals surface area contributed by atoms with Crippen molar-refractivity contribution >= 4 is 7.29 Å². The summed E-state index contributed by atoms with van der Waals surface area (Å²) < 4.78 is 10.2. The molecule has 0 fully saturated rings. The van der Waals surface area contributed by atoms with Gasteiger partial charge < -0.3 is 9.77 Å². The highest BCUT2D eigenvalue weighted by Crippen LogP contribution is 2.27. The van der Waals surface area contributed by atoms with E-state index in [0.29, 0.717) is 0 Å². The Hall–Kier alpha value is 0.150. The van der Waals surface area contributed by atoms with Crippen molar-refractivity contribution in [3.63, 3.8) is 0 Å². The first-order valence-electron chi connectivity index (χ1n) is 1.52. The summed E-state index contributed by atoms with van der Waals surface area (Å²) in [5.74, 6) is 0. The Balaban J connectivity index is 3.48. The predicted molar refractivity (Wildman–Crippen MR) is 24.4 cm³/mol. The summed E-state index contributed by atoms with van der Waals surface area (Å²) in [6.45, 7) is 2.88. The van der Waals surface area contributed by atoms with E-state index in [2.05, 4.69) is 0 Å². The largest absolute Gasteiger partial charge is 0.310 e. The third-order valence-corrected chi connectivity index (χ3v) is 0.722. The van der Waals surface area contributed by atoms with Crippen molar-refractivity contribution in [1.82, 2.24) is 5.25 Å². The predicted octanol–water partition coefficient (Wildman–Crippen LogP) is 0.503. The second kappa shape index (κ2) is 1.73. The fourth-order valence-electron chi connectivity index (χ4n) is 0. The third kappa shape index (κ3) is 4.15. The van der Waals surface area contributed by atoms with Crippen LogP contribution in [0.15, 0.2) is 0 Å². The molecule has 0 radical (unpaired) electrons. The van der Waals surface area contributed by atoms with Crippen LogP contribution in [0.25, 0.3) is 0 Å². The highest BCUT2D eigenvalue weighted by atomic mass is 31.2. The summed E-state index contributed by atoms with van der Waals surface area (Å²) in [4.78, 5) is 0. The molecule has 0 saturated heterocycles. The zero-order chi connectivity index (χ0) is 5.21. The van der Waals surface area contributed by atoms with Crippen LogP contribution in [0.2, 0.25) is 0 Å². The lowest BCUT2D eigenvalue weighted by Crippen LogP contribution is -1.98. The van der Waals surface area contributed by atoms with Gasteiger partial charge in [-0.2, -0.15) is 5.25 Å². The fraction of sp³-hybridized carbons (Fsp3) is 1.00. The Morgan fingerprint density at radius 2 is 1.83 bits per heavy atom. The maximum absolute atomic E-state index is 10.2. The van der Waals surface area contributed by atoms with E-state index in [0.717, 1.165) is 0 Å². The Bertz CT molecular complexity index is 75.6. The maximum atomic E-state index is 10.2. The zero-order valence-corrected chi connectivity index (χ0v) is 4.70. The topological polar surface area (TPSA) is 49.3 Å². The minimum absolute atomic E-state index is 1.44. The summed E-state index contributed by atoms with van der Waals surface area (Å²) >= 11 is 0. The van der Waals surface area contributed by atoms with E-state index < -0.39 is 7.29 Å². The molecule has 0 aliphatic rings. The molecular weight excluding hydrogens is 101 g/mol. The monoisotopic (exact) mass is 109 g/mol. The van der Waals surface area contributed by atoms with E-state index >= 15 is 0 Å². The highest BCUT2D eigenvalue weighted by molar-refractivity contribution is 7.60. The van der Waals surface area contributed by atoms with Crippen molar-refractivity contribution in [3.05, 3.63) is 0 Å². The van der Waals surface area contributed by atoms with Gasteiger partial charge >= 0.3 is 0 Å². The normalized spacial score (nSPS) is 11.8. The molecule has 0 amide bonds. The minimum Gasteiger partial charge on any atom is -0.310 e. The molecule has 0 heterocycles. The molecule has 0 aromatic carbocycles. The van der Waals surface area contributed by atoms with E-state index in [1.165, 1.54) is 13.3 Å².